The molecule has 21 heavy (non-hydrogen) atoms. The number of benzene rings is 1. The van der Waals surface area contributed by atoms with Gasteiger partial charge in [0.15, 0.2) is 0 Å². The third kappa shape index (κ3) is 5.19. The largest absolute Gasteiger partial charge is 0.497 e. The summed E-state index contributed by atoms with van der Waals surface area (Å²) in [6, 6.07) is 7.33. The lowest BCUT2D eigenvalue weighted by Crippen LogP contribution is -2.35. The monoisotopic (exact) mass is 295 g/mol. The summed E-state index contributed by atoms with van der Waals surface area (Å²) in [5, 5.41) is 13.2. The molecule has 5 heteroatoms. The molecule has 0 saturated carbocycles. The van der Waals surface area contributed by atoms with E-state index < -0.39 is 6.10 Å². The number of ether oxygens (including phenoxy) is 3. The van der Waals surface area contributed by atoms with Crippen molar-refractivity contribution < 1.29 is 19.3 Å². The van der Waals surface area contributed by atoms with Crippen molar-refractivity contribution in [3.05, 3.63) is 24.3 Å². The predicted octanol–water partition coefficient (Wildman–Crippen LogP) is 1.45. The molecule has 2 N–H and O–H groups in total. The second-order valence-electron chi connectivity index (χ2n) is 5.42. The van der Waals surface area contributed by atoms with E-state index in [4.69, 9.17) is 14.2 Å². The predicted molar refractivity (Wildman–Crippen MR) is 80.9 cm³/mol. The van der Waals surface area contributed by atoms with Gasteiger partial charge in [-0.25, -0.2) is 0 Å². The summed E-state index contributed by atoms with van der Waals surface area (Å²) in [7, 11) is 1.63. The molecule has 118 valence electrons. The number of methoxy groups -OCH3 is 1. The molecule has 5 nitrogen and oxygen atoms in total. The number of hydrogen-bond acceptors (Lipinski definition) is 5. The van der Waals surface area contributed by atoms with Crippen molar-refractivity contribution in [2.24, 2.45) is 5.92 Å². The van der Waals surface area contributed by atoms with E-state index in [2.05, 4.69) is 12.2 Å². The van der Waals surface area contributed by atoms with E-state index in [-0.39, 0.29) is 6.61 Å². The highest BCUT2D eigenvalue weighted by atomic mass is 16.5. The van der Waals surface area contributed by atoms with Crippen molar-refractivity contribution in [3.63, 3.8) is 0 Å². The average Bonchev–Trinajstić information content (AvgIpc) is 2.91. The number of rotatable bonds is 8. The zero-order valence-electron chi connectivity index (χ0n) is 12.7. The zero-order chi connectivity index (χ0) is 15.1. The smallest absolute Gasteiger partial charge is 0.119 e. The van der Waals surface area contributed by atoms with Crippen LogP contribution in [0.1, 0.15) is 13.3 Å². The van der Waals surface area contributed by atoms with Crippen molar-refractivity contribution in [1.29, 1.82) is 0 Å². The fraction of sp³-hybridized carbons (Fsp3) is 0.625. The molecule has 0 aromatic heterocycles. The summed E-state index contributed by atoms with van der Waals surface area (Å²) in [6.45, 7) is 4.62. The molecule has 0 spiro atoms. The lowest BCUT2D eigenvalue weighted by atomic mass is 10.0. The molecule has 1 aromatic rings. The van der Waals surface area contributed by atoms with E-state index in [1.165, 1.54) is 0 Å². The van der Waals surface area contributed by atoms with Crippen molar-refractivity contribution in [2.75, 3.05) is 33.4 Å². The normalized spacial score (nSPS) is 23.0. The Morgan fingerprint density at radius 1 is 1.33 bits per heavy atom. The van der Waals surface area contributed by atoms with Gasteiger partial charge in [0, 0.05) is 19.7 Å². The van der Waals surface area contributed by atoms with Crippen molar-refractivity contribution in [1.82, 2.24) is 5.32 Å². The van der Waals surface area contributed by atoms with E-state index in [1.807, 2.05) is 24.3 Å². The van der Waals surface area contributed by atoms with Gasteiger partial charge in [0.2, 0.25) is 0 Å². The lowest BCUT2D eigenvalue weighted by Gasteiger charge is -2.17. The highest BCUT2D eigenvalue weighted by molar-refractivity contribution is 5.31. The van der Waals surface area contributed by atoms with Gasteiger partial charge in [0.25, 0.3) is 0 Å². The molecule has 0 aliphatic carbocycles. The molecule has 1 saturated heterocycles. The van der Waals surface area contributed by atoms with E-state index in [1.54, 1.807) is 7.11 Å². The van der Waals surface area contributed by atoms with Gasteiger partial charge in [-0.15, -0.1) is 0 Å². The Morgan fingerprint density at radius 2 is 2.05 bits per heavy atom. The fourth-order valence-electron chi connectivity index (χ4n) is 2.40. The zero-order valence-corrected chi connectivity index (χ0v) is 12.7. The van der Waals surface area contributed by atoms with E-state index >= 15 is 0 Å². The molecule has 0 radical (unpaired) electrons. The Morgan fingerprint density at radius 3 is 2.67 bits per heavy atom. The van der Waals surface area contributed by atoms with Crippen LogP contribution in [-0.4, -0.2) is 50.7 Å². The third-order valence-electron chi connectivity index (χ3n) is 3.82. The van der Waals surface area contributed by atoms with Crippen molar-refractivity contribution in [3.8, 4) is 11.5 Å². The molecule has 1 aliphatic heterocycles. The van der Waals surface area contributed by atoms with Gasteiger partial charge in [-0.05, 0) is 43.5 Å². The van der Waals surface area contributed by atoms with E-state index in [0.717, 1.165) is 31.1 Å². The molecule has 3 unspecified atom stereocenters. The maximum Gasteiger partial charge on any atom is 0.119 e. The van der Waals surface area contributed by atoms with Crippen LogP contribution in [-0.2, 0) is 4.74 Å². The highest BCUT2D eigenvalue weighted by Gasteiger charge is 2.23. The summed E-state index contributed by atoms with van der Waals surface area (Å²) in [5.41, 5.74) is 0. The average molecular weight is 295 g/mol. The van der Waals surface area contributed by atoms with Gasteiger partial charge < -0.3 is 24.6 Å². The van der Waals surface area contributed by atoms with Crippen LogP contribution in [0.25, 0.3) is 0 Å². The Hall–Kier alpha value is -1.30. The van der Waals surface area contributed by atoms with Crippen LogP contribution in [0, 0.1) is 5.92 Å². The van der Waals surface area contributed by atoms with Crippen molar-refractivity contribution >= 4 is 0 Å². The van der Waals surface area contributed by atoms with Gasteiger partial charge in [0.1, 0.15) is 24.2 Å². The van der Waals surface area contributed by atoms with Crippen LogP contribution >= 0.6 is 0 Å². The van der Waals surface area contributed by atoms with Crippen LogP contribution in [0.4, 0.5) is 0 Å². The van der Waals surface area contributed by atoms with Crippen LogP contribution in [0.3, 0.4) is 0 Å². The number of aliphatic hydroxyl groups is 1. The summed E-state index contributed by atoms with van der Waals surface area (Å²) < 4.78 is 16.1. The first-order chi connectivity index (χ1) is 10.2. The standard InChI is InChI=1S/C16H25NO4/c1-12-13(7-8-20-12)9-17-10-14(18)11-21-16-5-3-15(19-2)4-6-16/h3-6,12-14,17-18H,7-11H2,1-2H3. The SMILES string of the molecule is COc1ccc(OCC(O)CNCC2CCOC2C)cc1. The topological polar surface area (TPSA) is 60.0 Å². The summed E-state index contributed by atoms with van der Waals surface area (Å²) in [4.78, 5) is 0. The van der Waals surface area contributed by atoms with Crippen LogP contribution in [0.2, 0.25) is 0 Å². The molecule has 1 heterocycles. The molecular formula is C16H25NO4. The minimum atomic E-state index is -0.523. The van der Waals surface area contributed by atoms with E-state index in [0.29, 0.717) is 18.6 Å². The molecule has 0 amide bonds. The molecular weight excluding hydrogens is 270 g/mol. The van der Waals surface area contributed by atoms with Gasteiger partial charge >= 0.3 is 0 Å². The van der Waals surface area contributed by atoms with Crippen molar-refractivity contribution in [2.45, 2.75) is 25.6 Å². The van der Waals surface area contributed by atoms with Gasteiger partial charge in [-0.1, -0.05) is 0 Å². The van der Waals surface area contributed by atoms with Crippen LogP contribution < -0.4 is 14.8 Å². The molecule has 1 fully saturated rings. The molecule has 1 aliphatic rings. The summed E-state index contributed by atoms with van der Waals surface area (Å²) >= 11 is 0. The fourth-order valence-corrected chi connectivity index (χ4v) is 2.40. The quantitative estimate of drug-likeness (QED) is 0.760. The lowest BCUT2D eigenvalue weighted by molar-refractivity contribution is 0.0946. The molecule has 3 atom stereocenters. The first kappa shape index (κ1) is 16.1. The van der Waals surface area contributed by atoms with E-state index in [9.17, 15) is 5.11 Å². The Labute approximate surface area is 126 Å². The number of nitrogens with one attached hydrogen (secondary N) is 1. The maximum absolute atomic E-state index is 9.91. The second-order valence-corrected chi connectivity index (χ2v) is 5.42. The van der Waals surface area contributed by atoms with Crippen LogP contribution in [0.5, 0.6) is 11.5 Å². The Kier molecular flexibility index (Phi) is 6.29. The summed E-state index contributed by atoms with van der Waals surface area (Å²) in [5.74, 6) is 2.06. The first-order valence-corrected chi connectivity index (χ1v) is 7.46. The highest BCUT2D eigenvalue weighted by Crippen LogP contribution is 2.19. The number of aliphatic hydroxyl groups excluding tert-OH is 1. The summed E-state index contributed by atoms with van der Waals surface area (Å²) in [6.07, 6.45) is 0.877. The third-order valence-corrected chi connectivity index (χ3v) is 3.82. The Bertz CT molecular complexity index is 409. The van der Waals surface area contributed by atoms with Gasteiger partial charge in [0.05, 0.1) is 13.2 Å². The Balaban J connectivity index is 1.61. The maximum atomic E-state index is 9.91. The van der Waals surface area contributed by atoms with Gasteiger partial charge in [-0.3, -0.25) is 0 Å². The minimum Gasteiger partial charge on any atom is -0.497 e. The molecule has 1 aromatic carbocycles. The molecule has 2 rings (SSSR count). The molecule has 0 bridgehead atoms. The first-order valence-electron chi connectivity index (χ1n) is 7.46. The number of hydrogen-bond donors (Lipinski definition) is 2. The minimum absolute atomic E-state index is 0.274. The second kappa shape index (κ2) is 8.22. The van der Waals surface area contributed by atoms with Gasteiger partial charge in [-0.2, -0.15) is 0 Å². The van der Waals surface area contributed by atoms with Crippen LogP contribution in [0.15, 0.2) is 24.3 Å².